The van der Waals surface area contributed by atoms with Gasteiger partial charge in [-0.1, -0.05) is 17.7 Å². The second-order valence-corrected chi connectivity index (χ2v) is 4.49. The summed E-state index contributed by atoms with van der Waals surface area (Å²) in [7, 11) is 0. The first kappa shape index (κ1) is 10.7. The molecule has 0 radical (unpaired) electrons. The summed E-state index contributed by atoms with van der Waals surface area (Å²) in [5.74, 6) is -0.00801. The van der Waals surface area contributed by atoms with Crippen molar-refractivity contribution in [3.05, 3.63) is 29.8 Å². The lowest BCUT2D eigenvalue weighted by Gasteiger charge is -2.32. The quantitative estimate of drug-likeness (QED) is 0.777. The number of anilines is 1. The Morgan fingerprint density at radius 2 is 1.88 bits per heavy atom. The van der Waals surface area contributed by atoms with Gasteiger partial charge >= 0.3 is 0 Å². The van der Waals surface area contributed by atoms with Crippen LogP contribution in [0.25, 0.3) is 0 Å². The predicted molar refractivity (Wildman–Crippen MR) is 64.4 cm³/mol. The lowest BCUT2D eigenvalue weighted by Crippen LogP contribution is -2.56. The maximum atomic E-state index is 12.1. The third-order valence-electron chi connectivity index (χ3n) is 2.58. The van der Waals surface area contributed by atoms with Crippen LogP contribution in [-0.4, -0.2) is 17.8 Å². The van der Waals surface area contributed by atoms with E-state index in [-0.39, 0.29) is 5.91 Å². The van der Waals surface area contributed by atoms with Gasteiger partial charge in [0, 0.05) is 5.69 Å². The molecule has 1 heterocycles. The number of hydrogen-bond acceptors (Lipinski definition) is 3. The number of rotatable bonds is 1. The highest BCUT2D eigenvalue weighted by Crippen LogP contribution is 2.19. The smallest absolute Gasteiger partial charge is 0.258 e. The largest absolute Gasteiger partial charge is 0.294 e. The van der Waals surface area contributed by atoms with Gasteiger partial charge < -0.3 is 0 Å². The van der Waals surface area contributed by atoms with E-state index in [4.69, 9.17) is 0 Å². The minimum Gasteiger partial charge on any atom is -0.294 e. The Labute approximate surface area is 95.0 Å². The number of nitrogens with zero attached hydrogens (tertiary/aromatic N) is 2. The average Bonchev–Trinajstić information content (AvgIpc) is 2.24. The zero-order valence-corrected chi connectivity index (χ0v) is 9.69. The summed E-state index contributed by atoms with van der Waals surface area (Å²) in [6.45, 7) is 5.64. The molecule has 1 aliphatic rings. The topological polar surface area (TPSA) is 44.7 Å². The molecule has 0 aromatic heterocycles. The SMILES string of the molecule is Cc1ccc(N2C=NNC(C)(C)C2=O)cc1. The lowest BCUT2D eigenvalue weighted by atomic mass is 10.0. The van der Waals surface area contributed by atoms with Crippen LogP contribution >= 0.6 is 0 Å². The first-order valence-corrected chi connectivity index (χ1v) is 5.21. The van der Waals surface area contributed by atoms with Crippen LogP contribution in [0.1, 0.15) is 19.4 Å². The van der Waals surface area contributed by atoms with Gasteiger partial charge in [0.05, 0.1) is 0 Å². The van der Waals surface area contributed by atoms with Crippen molar-refractivity contribution in [2.45, 2.75) is 26.3 Å². The van der Waals surface area contributed by atoms with Crippen LogP contribution in [0.15, 0.2) is 29.4 Å². The second-order valence-electron chi connectivity index (χ2n) is 4.49. The third-order valence-corrected chi connectivity index (χ3v) is 2.58. The van der Waals surface area contributed by atoms with E-state index in [9.17, 15) is 4.79 Å². The van der Waals surface area contributed by atoms with E-state index in [1.165, 1.54) is 11.9 Å². The molecule has 4 nitrogen and oxygen atoms in total. The first-order valence-electron chi connectivity index (χ1n) is 5.21. The Bertz CT molecular complexity index is 434. The molecule has 0 unspecified atom stereocenters. The molecule has 0 aliphatic carbocycles. The molecule has 0 spiro atoms. The molecule has 0 saturated heterocycles. The standard InChI is InChI=1S/C12H15N3O/c1-9-4-6-10(7-5-9)15-8-13-14-12(2,3)11(15)16/h4-8,14H,1-3H3. The van der Waals surface area contributed by atoms with Crippen molar-refractivity contribution in [3.63, 3.8) is 0 Å². The summed E-state index contributed by atoms with van der Waals surface area (Å²) in [5, 5.41) is 3.99. The maximum Gasteiger partial charge on any atom is 0.258 e. The molecule has 1 aliphatic heterocycles. The number of hydrogen-bond donors (Lipinski definition) is 1. The van der Waals surface area contributed by atoms with Gasteiger partial charge in [0.15, 0.2) is 0 Å². The molecule has 1 amide bonds. The Morgan fingerprint density at radius 3 is 2.50 bits per heavy atom. The Hall–Kier alpha value is -1.84. The number of amides is 1. The number of benzene rings is 1. The maximum absolute atomic E-state index is 12.1. The molecule has 0 saturated carbocycles. The fraction of sp³-hybridized carbons (Fsp3) is 0.333. The fourth-order valence-corrected chi connectivity index (χ4v) is 1.54. The summed E-state index contributed by atoms with van der Waals surface area (Å²) in [4.78, 5) is 13.7. The lowest BCUT2D eigenvalue weighted by molar-refractivity contribution is -0.123. The van der Waals surface area contributed by atoms with Gasteiger partial charge in [0.2, 0.25) is 0 Å². The number of hydrazone groups is 1. The molecule has 0 fully saturated rings. The number of carbonyl (C=O) groups is 1. The van der Waals surface area contributed by atoms with E-state index >= 15 is 0 Å². The van der Waals surface area contributed by atoms with E-state index in [0.29, 0.717) is 0 Å². The third kappa shape index (κ3) is 1.78. The molecular weight excluding hydrogens is 202 g/mol. The molecule has 16 heavy (non-hydrogen) atoms. The Kier molecular flexibility index (Phi) is 2.42. The van der Waals surface area contributed by atoms with Crippen molar-refractivity contribution in [2.75, 3.05) is 4.90 Å². The molecule has 84 valence electrons. The van der Waals surface area contributed by atoms with Crippen LogP contribution in [0.3, 0.4) is 0 Å². The zero-order chi connectivity index (χ0) is 11.8. The molecule has 0 bridgehead atoms. The molecule has 1 aromatic carbocycles. The van der Waals surface area contributed by atoms with Crippen molar-refractivity contribution in [2.24, 2.45) is 5.10 Å². The van der Waals surface area contributed by atoms with Crippen molar-refractivity contribution in [1.29, 1.82) is 0 Å². The van der Waals surface area contributed by atoms with E-state index < -0.39 is 5.54 Å². The van der Waals surface area contributed by atoms with E-state index in [2.05, 4.69) is 10.5 Å². The summed E-state index contributed by atoms with van der Waals surface area (Å²) in [5.41, 5.74) is 4.15. The minimum atomic E-state index is -0.653. The minimum absolute atomic E-state index is 0.00801. The van der Waals surface area contributed by atoms with Gasteiger partial charge in [0.25, 0.3) is 5.91 Å². The van der Waals surface area contributed by atoms with Crippen LogP contribution in [-0.2, 0) is 4.79 Å². The number of nitrogens with one attached hydrogen (secondary N) is 1. The number of aryl methyl sites for hydroxylation is 1. The van der Waals surface area contributed by atoms with Crippen molar-refractivity contribution < 1.29 is 4.79 Å². The highest BCUT2D eigenvalue weighted by atomic mass is 16.2. The van der Waals surface area contributed by atoms with Crippen LogP contribution < -0.4 is 10.3 Å². The van der Waals surface area contributed by atoms with Gasteiger partial charge in [-0.05, 0) is 32.9 Å². The molecule has 0 atom stereocenters. The molecule has 2 rings (SSSR count). The van der Waals surface area contributed by atoms with E-state index in [1.807, 2.05) is 45.0 Å². The summed E-state index contributed by atoms with van der Waals surface area (Å²) < 4.78 is 0. The van der Waals surface area contributed by atoms with Crippen molar-refractivity contribution in [1.82, 2.24) is 5.43 Å². The number of carbonyl (C=O) groups excluding carboxylic acids is 1. The van der Waals surface area contributed by atoms with Crippen LogP contribution in [0.2, 0.25) is 0 Å². The summed E-state index contributed by atoms with van der Waals surface area (Å²) in [6, 6.07) is 7.79. The normalized spacial score (nSPS) is 18.4. The predicted octanol–water partition coefficient (Wildman–Crippen LogP) is 1.65. The van der Waals surface area contributed by atoms with Crippen molar-refractivity contribution in [3.8, 4) is 0 Å². The summed E-state index contributed by atoms with van der Waals surface area (Å²) in [6.07, 6.45) is 1.51. The highest BCUT2D eigenvalue weighted by molar-refractivity contribution is 6.13. The zero-order valence-electron chi connectivity index (χ0n) is 9.69. The Morgan fingerprint density at radius 1 is 1.25 bits per heavy atom. The highest BCUT2D eigenvalue weighted by Gasteiger charge is 2.34. The molecule has 1 aromatic rings. The van der Waals surface area contributed by atoms with E-state index in [0.717, 1.165) is 5.69 Å². The van der Waals surface area contributed by atoms with Crippen LogP contribution in [0.5, 0.6) is 0 Å². The van der Waals surface area contributed by atoms with Gasteiger partial charge in [-0.3, -0.25) is 15.1 Å². The Balaban J connectivity index is 2.34. The first-order chi connectivity index (χ1) is 7.50. The molecular formula is C12H15N3O. The average molecular weight is 217 g/mol. The monoisotopic (exact) mass is 217 g/mol. The second kappa shape index (κ2) is 3.63. The van der Waals surface area contributed by atoms with Crippen LogP contribution in [0.4, 0.5) is 5.69 Å². The van der Waals surface area contributed by atoms with Crippen molar-refractivity contribution >= 4 is 17.9 Å². The van der Waals surface area contributed by atoms with Gasteiger partial charge in [-0.25, -0.2) is 0 Å². The van der Waals surface area contributed by atoms with Gasteiger partial charge in [-0.15, -0.1) is 0 Å². The van der Waals surface area contributed by atoms with E-state index in [1.54, 1.807) is 4.90 Å². The van der Waals surface area contributed by atoms with Crippen LogP contribution in [0, 0.1) is 6.92 Å². The fourth-order valence-electron chi connectivity index (χ4n) is 1.54. The summed E-state index contributed by atoms with van der Waals surface area (Å²) >= 11 is 0. The van der Waals surface area contributed by atoms with Gasteiger partial charge in [0.1, 0.15) is 11.9 Å². The molecule has 1 N–H and O–H groups in total. The van der Waals surface area contributed by atoms with Gasteiger partial charge in [-0.2, -0.15) is 5.10 Å². The molecule has 4 heteroatoms.